The molecule has 3 rings (SSSR count). The zero-order valence-electron chi connectivity index (χ0n) is 12.5. The van der Waals surface area contributed by atoms with Crippen molar-refractivity contribution in [2.24, 2.45) is 4.99 Å². The quantitative estimate of drug-likeness (QED) is 0.814. The molecule has 116 valence electrons. The summed E-state index contributed by atoms with van der Waals surface area (Å²) in [6.07, 6.45) is 2.83. The van der Waals surface area contributed by atoms with Gasteiger partial charge in [-0.25, -0.2) is 4.99 Å². The number of nitrogens with zero attached hydrogens (tertiary/aromatic N) is 1. The van der Waals surface area contributed by atoms with Gasteiger partial charge in [-0.15, -0.1) is 0 Å². The van der Waals surface area contributed by atoms with E-state index in [2.05, 4.69) is 17.2 Å². The topological polar surface area (TPSA) is 41.5 Å². The van der Waals surface area contributed by atoms with Gasteiger partial charge in [0.15, 0.2) is 5.17 Å². The Bertz CT molecular complexity index is 780. The first-order valence-electron chi connectivity index (χ1n) is 7.28. The Morgan fingerprint density at radius 3 is 2.48 bits per heavy atom. The zero-order chi connectivity index (χ0) is 16.2. The molecular weight excluding hydrogens is 328 g/mol. The van der Waals surface area contributed by atoms with Crippen LogP contribution in [0.5, 0.6) is 0 Å². The predicted octanol–water partition coefficient (Wildman–Crippen LogP) is 4.79. The second-order valence-corrected chi connectivity index (χ2v) is 6.52. The van der Waals surface area contributed by atoms with Gasteiger partial charge in [-0.05, 0) is 59.7 Å². The molecule has 0 aromatic heterocycles. The molecule has 0 saturated carbocycles. The summed E-state index contributed by atoms with van der Waals surface area (Å²) in [6.45, 7) is 2.11. The Kier molecular flexibility index (Phi) is 4.84. The first-order chi connectivity index (χ1) is 11.1. The summed E-state index contributed by atoms with van der Waals surface area (Å²) in [6, 6.07) is 15.4. The average Bonchev–Trinajstić information content (AvgIpc) is 2.90. The number of hydrogen-bond acceptors (Lipinski definition) is 3. The van der Waals surface area contributed by atoms with E-state index in [1.54, 1.807) is 12.1 Å². The summed E-state index contributed by atoms with van der Waals surface area (Å²) >= 11 is 7.21. The van der Waals surface area contributed by atoms with Crippen molar-refractivity contribution in [1.82, 2.24) is 5.32 Å². The fourth-order valence-corrected chi connectivity index (χ4v) is 3.08. The number of rotatable bonds is 3. The highest BCUT2D eigenvalue weighted by Crippen LogP contribution is 2.28. The molecule has 1 heterocycles. The molecular formula is C18H15ClN2OS. The van der Waals surface area contributed by atoms with E-state index >= 15 is 0 Å². The van der Waals surface area contributed by atoms with Crippen molar-refractivity contribution < 1.29 is 4.79 Å². The van der Waals surface area contributed by atoms with Crippen LogP contribution in [-0.2, 0) is 11.2 Å². The van der Waals surface area contributed by atoms with Gasteiger partial charge in [0.25, 0.3) is 5.91 Å². The Hall–Kier alpha value is -2.04. The largest absolute Gasteiger partial charge is 0.300 e. The molecule has 5 heteroatoms. The maximum Gasteiger partial charge on any atom is 0.264 e. The molecule has 1 aliphatic heterocycles. The van der Waals surface area contributed by atoms with Crippen molar-refractivity contribution in [3.8, 4) is 0 Å². The number of nitrogens with one attached hydrogen (secondary N) is 1. The first kappa shape index (κ1) is 15.8. The number of thioether (sulfide) groups is 1. The van der Waals surface area contributed by atoms with Gasteiger partial charge in [0, 0.05) is 5.02 Å². The third-order valence-electron chi connectivity index (χ3n) is 3.39. The van der Waals surface area contributed by atoms with Crippen LogP contribution in [0, 0.1) is 0 Å². The van der Waals surface area contributed by atoms with E-state index in [1.165, 1.54) is 17.3 Å². The Morgan fingerprint density at radius 2 is 1.83 bits per heavy atom. The molecule has 0 unspecified atom stereocenters. The smallest absolute Gasteiger partial charge is 0.264 e. The van der Waals surface area contributed by atoms with E-state index in [0.717, 1.165) is 17.7 Å². The molecule has 0 bridgehead atoms. The number of hydrogen-bond donors (Lipinski definition) is 1. The molecule has 3 nitrogen and oxygen atoms in total. The lowest BCUT2D eigenvalue weighted by molar-refractivity contribution is -0.115. The lowest BCUT2D eigenvalue weighted by Crippen LogP contribution is -2.19. The predicted molar refractivity (Wildman–Crippen MR) is 98.1 cm³/mol. The maximum absolute atomic E-state index is 12.0. The van der Waals surface area contributed by atoms with Gasteiger partial charge in [0.05, 0.1) is 10.6 Å². The SMILES string of the molecule is CCc1ccc(N=C2NC(=O)/C(=C/c3ccc(Cl)cc3)S2)cc1. The molecule has 0 spiro atoms. The summed E-state index contributed by atoms with van der Waals surface area (Å²) in [5.41, 5.74) is 3.03. The molecule has 23 heavy (non-hydrogen) atoms. The summed E-state index contributed by atoms with van der Waals surface area (Å²) in [5.74, 6) is -0.131. The Labute approximate surface area is 144 Å². The van der Waals surface area contributed by atoms with E-state index < -0.39 is 0 Å². The van der Waals surface area contributed by atoms with Crippen LogP contribution in [-0.4, -0.2) is 11.1 Å². The van der Waals surface area contributed by atoms with Gasteiger partial charge in [-0.3, -0.25) is 4.79 Å². The zero-order valence-corrected chi connectivity index (χ0v) is 14.1. The van der Waals surface area contributed by atoms with Crippen LogP contribution in [0.15, 0.2) is 58.4 Å². The van der Waals surface area contributed by atoms with E-state index in [9.17, 15) is 4.79 Å². The monoisotopic (exact) mass is 342 g/mol. The van der Waals surface area contributed by atoms with Crippen LogP contribution in [0.4, 0.5) is 5.69 Å². The molecule has 0 atom stereocenters. The molecule has 0 aliphatic carbocycles. The normalized spacial score (nSPS) is 17.7. The highest BCUT2D eigenvalue weighted by molar-refractivity contribution is 8.18. The van der Waals surface area contributed by atoms with Crippen LogP contribution < -0.4 is 5.32 Å². The lowest BCUT2D eigenvalue weighted by atomic mass is 10.2. The van der Waals surface area contributed by atoms with E-state index in [-0.39, 0.29) is 5.91 Å². The van der Waals surface area contributed by atoms with Crippen molar-refractivity contribution in [2.45, 2.75) is 13.3 Å². The standard InChI is InChI=1S/C18H15ClN2OS/c1-2-12-5-9-15(10-6-12)20-18-21-17(22)16(23-18)11-13-3-7-14(19)8-4-13/h3-11H,2H2,1H3,(H,20,21,22)/b16-11-. The summed E-state index contributed by atoms with van der Waals surface area (Å²) in [7, 11) is 0. The van der Waals surface area contributed by atoms with Gasteiger partial charge in [0.2, 0.25) is 0 Å². The van der Waals surface area contributed by atoms with Gasteiger partial charge < -0.3 is 5.32 Å². The molecule has 1 fully saturated rings. The first-order valence-corrected chi connectivity index (χ1v) is 8.47. The second kappa shape index (κ2) is 7.02. The van der Waals surface area contributed by atoms with Crippen molar-refractivity contribution in [3.05, 3.63) is 69.6 Å². The number of aliphatic imine (C=N–C) groups is 1. The molecule has 2 aromatic rings. The number of carbonyl (C=O) groups is 1. The van der Waals surface area contributed by atoms with Crippen LogP contribution in [0.2, 0.25) is 5.02 Å². The van der Waals surface area contributed by atoms with Gasteiger partial charge in [-0.2, -0.15) is 0 Å². The molecule has 1 N–H and O–H groups in total. The fourth-order valence-electron chi connectivity index (χ4n) is 2.11. The average molecular weight is 343 g/mol. The minimum absolute atomic E-state index is 0.131. The van der Waals surface area contributed by atoms with Gasteiger partial charge >= 0.3 is 0 Å². The Morgan fingerprint density at radius 1 is 1.13 bits per heavy atom. The highest BCUT2D eigenvalue weighted by Gasteiger charge is 2.23. The maximum atomic E-state index is 12.0. The molecule has 1 aliphatic rings. The molecule has 2 aromatic carbocycles. The molecule has 1 saturated heterocycles. The van der Waals surface area contributed by atoms with Crippen molar-refractivity contribution in [3.63, 3.8) is 0 Å². The van der Waals surface area contributed by atoms with Crippen LogP contribution in [0.25, 0.3) is 6.08 Å². The Balaban J connectivity index is 1.78. The van der Waals surface area contributed by atoms with Crippen LogP contribution in [0.1, 0.15) is 18.1 Å². The number of carbonyl (C=O) groups excluding carboxylic acids is 1. The van der Waals surface area contributed by atoms with E-state index in [0.29, 0.717) is 15.1 Å². The fraction of sp³-hybridized carbons (Fsp3) is 0.111. The molecule has 0 radical (unpaired) electrons. The summed E-state index contributed by atoms with van der Waals surface area (Å²) in [4.78, 5) is 17.1. The van der Waals surface area contributed by atoms with E-state index in [4.69, 9.17) is 11.6 Å². The summed E-state index contributed by atoms with van der Waals surface area (Å²) < 4.78 is 0. The van der Waals surface area contributed by atoms with Crippen molar-refractivity contribution in [2.75, 3.05) is 0 Å². The minimum Gasteiger partial charge on any atom is -0.300 e. The number of aryl methyl sites for hydroxylation is 1. The van der Waals surface area contributed by atoms with Crippen LogP contribution >= 0.6 is 23.4 Å². The third-order valence-corrected chi connectivity index (χ3v) is 4.56. The number of amidine groups is 1. The number of benzene rings is 2. The highest BCUT2D eigenvalue weighted by atomic mass is 35.5. The summed E-state index contributed by atoms with van der Waals surface area (Å²) in [5, 5.41) is 4.06. The van der Waals surface area contributed by atoms with Gasteiger partial charge in [0.1, 0.15) is 0 Å². The molecule has 1 amide bonds. The lowest BCUT2D eigenvalue weighted by Gasteiger charge is -1.98. The van der Waals surface area contributed by atoms with Crippen molar-refractivity contribution in [1.29, 1.82) is 0 Å². The minimum atomic E-state index is -0.131. The number of halogens is 1. The number of amides is 1. The van der Waals surface area contributed by atoms with E-state index in [1.807, 2.05) is 42.5 Å². The van der Waals surface area contributed by atoms with Crippen LogP contribution in [0.3, 0.4) is 0 Å². The van der Waals surface area contributed by atoms with Crippen molar-refractivity contribution >= 4 is 46.2 Å². The van der Waals surface area contributed by atoms with Gasteiger partial charge in [-0.1, -0.05) is 42.8 Å². The second-order valence-electron chi connectivity index (χ2n) is 5.05. The third kappa shape index (κ3) is 4.03.